The summed E-state index contributed by atoms with van der Waals surface area (Å²) in [5.41, 5.74) is 9.81. The van der Waals surface area contributed by atoms with Crippen LogP contribution in [0.2, 0.25) is 0 Å². The van der Waals surface area contributed by atoms with Crippen LogP contribution in [0.3, 0.4) is 0 Å². The number of amides is 1. The molecular weight excluding hydrogens is 322 g/mol. The number of nitriles is 2. The highest BCUT2D eigenvalue weighted by Gasteiger charge is 2.23. The maximum Gasteiger partial charge on any atom is 0.229 e. The summed E-state index contributed by atoms with van der Waals surface area (Å²) in [5.74, 6) is -1.19. The average molecular weight is 337 g/mol. The van der Waals surface area contributed by atoms with Crippen LogP contribution in [0.4, 0.5) is 0 Å². The number of benzene rings is 3. The van der Waals surface area contributed by atoms with Gasteiger partial charge < -0.3 is 5.73 Å². The fourth-order valence-electron chi connectivity index (χ4n) is 3.05. The van der Waals surface area contributed by atoms with E-state index in [0.717, 1.165) is 16.7 Å². The van der Waals surface area contributed by atoms with Crippen molar-refractivity contribution in [1.82, 2.24) is 0 Å². The number of carbonyl (C=O) groups excluding carboxylic acids is 1. The first kappa shape index (κ1) is 17.0. The Kier molecular flexibility index (Phi) is 4.78. The number of hydrogen-bond donors (Lipinski definition) is 1. The number of carbonyl (C=O) groups is 1. The van der Waals surface area contributed by atoms with Crippen molar-refractivity contribution in [1.29, 1.82) is 10.5 Å². The zero-order chi connectivity index (χ0) is 18.5. The van der Waals surface area contributed by atoms with Crippen LogP contribution in [0.5, 0.6) is 0 Å². The van der Waals surface area contributed by atoms with Crippen LogP contribution in [0.15, 0.2) is 72.8 Å². The Hall–Kier alpha value is -3.89. The van der Waals surface area contributed by atoms with Gasteiger partial charge in [0.25, 0.3) is 0 Å². The van der Waals surface area contributed by atoms with E-state index < -0.39 is 11.8 Å². The number of hydrogen-bond acceptors (Lipinski definition) is 3. The quantitative estimate of drug-likeness (QED) is 0.786. The number of nitrogens with zero attached hydrogens (tertiary/aromatic N) is 2. The predicted molar refractivity (Wildman–Crippen MR) is 98.8 cm³/mol. The molecule has 3 rings (SSSR count). The van der Waals surface area contributed by atoms with E-state index in [2.05, 4.69) is 12.1 Å². The average Bonchev–Trinajstić information content (AvgIpc) is 2.68. The lowest BCUT2D eigenvalue weighted by atomic mass is 9.84. The Labute approximate surface area is 151 Å². The second-order valence-electron chi connectivity index (χ2n) is 5.85. The van der Waals surface area contributed by atoms with Gasteiger partial charge in [0.15, 0.2) is 0 Å². The summed E-state index contributed by atoms with van der Waals surface area (Å²) < 4.78 is 0. The minimum absolute atomic E-state index is 0.470. The molecule has 4 nitrogen and oxygen atoms in total. The molecule has 3 aromatic rings. The van der Waals surface area contributed by atoms with Gasteiger partial charge in [-0.15, -0.1) is 0 Å². The molecule has 0 fully saturated rings. The Bertz CT molecular complexity index is 1060. The Balaban J connectivity index is 2.19. The van der Waals surface area contributed by atoms with Crippen molar-refractivity contribution in [2.45, 2.75) is 5.92 Å². The van der Waals surface area contributed by atoms with Crippen molar-refractivity contribution in [2.75, 3.05) is 0 Å². The third-order valence-corrected chi connectivity index (χ3v) is 4.21. The third kappa shape index (κ3) is 3.31. The van der Waals surface area contributed by atoms with Gasteiger partial charge in [-0.2, -0.15) is 10.5 Å². The topological polar surface area (TPSA) is 90.7 Å². The molecule has 0 saturated carbocycles. The third-order valence-electron chi connectivity index (χ3n) is 4.21. The maximum atomic E-state index is 12.3. The van der Waals surface area contributed by atoms with E-state index in [4.69, 9.17) is 16.3 Å². The molecule has 0 radical (unpaired) electrons. The van der Waals surface area contributed by atoms with E-state index in [1.165, 1.54) is 0 Å². The van der Waals surface area contributed by atoms with Gasteiger partial charge >= 0.3 is 0 Å². The standard InChI is InChI=1S/C22H15N3O/c23-13-15-5-3-7-17(11-15)19-9-1-2-10-20(19)21(22(25)26)18-8-4-6-16(12-18)14-24/h1-12,21H,(H2,25,26). The minimum atomic E-state index is -0.690. The maximum absolute atomic E-state index is 12.3. The summed E-state index contributed by atoms with van der Waals surface area (Å²) in [6.07, 6.45) is 0. The molecule has 26 heavy (non-hydrogen) atoms. The van der Waals surface area contributed by atoms with Gasteiger partial charge in [-0.05, 0) is 46.5 Å². The van der Waals surface area contributed by atoms with Gasteiger partial charge in [-0.3, -0.25) is 4.79 Å². The van der Waals surface area contributed by atoms with Crippen LogP contribution in [0.1, 0.15) is 28.2 Å². The lowest BCUT2D eigenvalue weighted by Gasteiger charge is -2.19. The summed E-state index contributed by atoms with van der Waals surface area (Å²) in [5, 5.41) is 18.3. The molecule has 1 atom stereocenters. The zero-order valence-corrected chi connectivity index (χ0v) is 13.9. The van der Waals surface area contributed by atoms with Gasteiger partial charge in [-0.25, -0.2) is 0 Å². The lowest BCUT2D eigenvalue weighted by Crippen LogP contribution is -2.23. The van der Waals surface area contributed by atoms with Gasteiger partial charge in [0.05, 0.1) is 29.2 Å². The number of rotatable bonds is 4. The minimum Gasteiger partial charge on any atom is -0.369 e. The van der Waals surface area contributed by atoms with Crippen molar-refractivity contribution in [3.63, 3.8) is 0 Å². The van der Waals surface area contributed by atoms with E-state index in [-0.39, 0.29) is 0 Å². The predicted octanol–water partition coefficient (Wildman–Crippen LogP) is 3.71. The Morgan fingerprint density at radius 1 is 0.846 bits per heavy atom. The second-order valence-corrected chi connectivity index (χ2v) is 5.85. The van der Waals surface area contributed by atoms with Crippen LogP contribution in [0.25, 0.3) is 11.1 Å². The fourth-order valence-corrected chi connectivity index (χ4v) is 3.05. The fraction of sp³-hybridized carbons (Fsp3) is 0.0455. The van der Waals surface area contributed by atoms with Crippen LogP contribution in [-0.2, 0) is 4.79 Å². The molecule has 0 aliphatic rings. The Morgan fingerprint density at radius 2 is 1.50 bits per heavy atom. The molecule has 4 heteroatoms. The summed E-state index contributed by atoms with van der Waals surface area (Å²) in [6, 6.07) is 25.8. The van der Waals surface area contributed by atoms with E-state index in [9.17, 15) is 4.79 Å². The molecule has 124 valence electrons. The zero-order valence-electron chi connectivity index (χ0n) is 13.9. The normalized spacial score (nSPS) is 11.2. The lowest BCUT2D eigenvalue weighted by molar-refractivity contribution is -0.118. The van der Waals surface area contributed by atoms with Crippen molar-refractivity contribution in [3.8, 4) is 23.3 Å². The van der Waals surface area contributed by atoms with Gasteiger partial charge in [0.2, 0.25) is 5.91 Å². The van der Waals surface area contributed by atoms with Crippen LogP contribution in [0, 0.1) is 22.7 Å². The largest absolute Gasteiger partial charge is 0.369 e. The van der Waals surface area contributed by atoms with Crippen LogP contribution < -0.4 is 5.73 Å². The van der Waals surface area contributed by atoms with E-state index in [0.29, 0.717) is 16.7 Å². The highest BCUT2D eigenvalue weighted by atomic mass is 16.1. The number of nitrogens with two attached hydrogens (primary N) is 1. The molecule has 2 N–H and O–H groups in total. The molecule has 0 bridgehead atoms. The molecule has 0 heterocycles. The summed E-state index contributed by atoms with van der Waals surface area (Å²) in [6.45, 7) is 0. The second kappa shape index (κ2) is 7.34. The summed E-state index contributed by atoms with van der Waals surface area (Å²) in [7, 11) is 0. The highest BCUT2D eigenvalue weighted by molar-refractivity contribution is 5.88. The van der Waals surface area contributed by atoms with Crippen LogP contribution >= 0.6 is 0 Å². The summed E-state index contributed by atoms with van der Waals surface area (Å²) >= 11 is 0. The number of primary amides is 1. The van der Waals surface area contributed by atoms with E-state index in [1.54, 1.807) is 42.5 Å². The smallest absolute Gasteiger partial charge is 0.229 e. The molecule has 3 aromatic carbocycles. The SMILES string of the molecule is N#Cc1cccc(-c2ccccc2C(C(N)=O)c2cccc(C#N)c2)c1. The highest BCUT2D eigenvalue weighted by Crippen LogP contribution is 2.34. The molecular formula is C22H15N3O. The first-order valence-corrected chi connectivity index (χ1v) is 8.03. The molecule has 1 unspecified atom stereocenters. The van der Waals surface area contributed by atoms with Crippen molar-refractivity contribution >= 4 is 5.91 Å². The van der Waals surface area contributed by atoms with E-state index >= 15 is 0 Å². The van der Waals surface area contributed by atoms with Crippen molar-refractivity contribution in [3.05, 3.63) is 95.1 Å². The van der Waals surface area contributed by atoms with Crippen molar-refractivity contribution in [2.24, 2.45) is 5.73 Å². The van der Waals surface area contributed by atoms with Gasteiger partial charge in [-0.1, -0.05) is 48.5 Å². The van der Waals surface area contributed by atoms with Crippen molar-refractivity contribution < 1.29 is 4.79 Å². The molecule has 0 aromatic heterocycles. The van der Waals surface area contributed by atoms with Gasteiger partial charge in [0, 0.05) is 0 Å². The molecule has 0 saturated heterocycles. The van der Waals surface area contributed by atoms with Crippen LogP contribution in [-0.4, -0.2) is 5.91 Å². The molecule has 0 aliphatic carbocycles. The Morgan fingerprint density at radius 3 is 2.19 bits per heavy atom. The molecule has 0 spiro atoms. The molecule has 0 aliphatic heterocycles. The first-order valence-electron chi connectivity index (χ1n) is 8.03. The first-order chi connectivity index (χ1) is 12.6. The molecule has 1 amide bonds. The van der Waals surface area contributed by atoms with E-state index in [1.807, 2.05) is 30.3 Å². The summed E-state index contributed by atoms with van der Waals surface area (Å²) in [4.78, 5) is 12.3. The van der Waals surface area contributed by atoms with Gasteiger partial charge in [0.1, 0.15) is 0 Å². The monoisotopic (exact) mass is 337 g/mol.